The number of carboxylic acids is 1. The molecule has 1 aromatic rings. The van der Waals surface area contributed by atoms with E-state index in [0.29, 0.717) is 0 Å². The number of para-hydroxylation sites is 1. The summed E-state index contributed by atoms with van der Waals surface area (Å²) in [4.78, 5) is 24.5. The van der Waals surface area contributed by atoms with Crippen molar-refractivity contribution in [2.24, 2.45) is 5.92 Å². The molecular weight excluding hydrogens is 230 g/mol. The van der Waals surface area contributed by atoms with Crippen molar-refractivity contribution in [1.82, 2.24) is 0 Å². The molecule has 0 aliphatic carbocycles. The highest BCUT2D eigenvalue weighted by atomic mass is 16.4. The largest absolute Gasteiger partial charge is 0.481 e. The second kappa shape index (κ2) is 5.21. The van der Waals surface area contributed by atoms with Crippen molar-refractivity contribution < 1.29 is 14.7 Å². The minimum absolute atomic E-state index is 0.0917. The number of benzene rings is 1. The van der Waals surface area contributed by atoms with Gasteiger partial charge < -0.3 is 10.0 Å². The molecule has 0 spiro atoms. The Morgan fingerprint density at radius 2 is 2.17 bits per heavy atom. The Labute approximate surface area is 106 Å². The van der Waals surface area contributed by atoms with Gasteiger partial charge in [0.15, 0.2) is 0 Å². The van der Waals surface area contributed by atoms with E-state index in [9.17, 15) is 9.59 Å². The highest BCUT2D eigenvalue weighted by molar-refractivity contribution is 5.99. The van der Waals surface area contributed by atoms with E-state index in [1.165, 1.54) is 0 Å². The second-order valence-corrected chi connectivity index (χ2v) is 4.62. The summed E-state index contributed by atoms with van der Waals surface area (Å²) in [6, 6.07) is 7.73. The molecule has 1 saturated heterocycles. The van der Waals surface area contributed by atoms with Gasteiger partial charge >= 0.3 is 5.97 Å². The van der Waals surface area contributed by atoms with Crippen molar-refractivity contribution in [3.05, 3.63) is 29.8 Å². The number of aryl methyl sites for hydroxylation is 1. The number of carboxylic acid groups (broad SMARTS) is 1. The summed E-state index contributed by atoms with van der Waals surface area (Å²) in [5, 5.41) is 8.99. The maximum absolute atomic E-state index is 11.9. The summed E-state index contributed by atoms with van der Waals surface area (Å²) < 4.78 is 0. The first-order valence-corrected chi connectivity index (χ1v) is 6.24. The lowest BCUT2D eigenvalue weighted by Crippen LogP contribution is -2.26. The van der Waals surface area contributed by atoms with Crippen molar-refractivity contribution >= 4 is 17.6 Å². The van der Waals surface area contributed by atoms with Gasteiger partial charge in [0.05, 0.1) is 5.92 Å². The third-order valence-corrected chi connectivity index (χ3v) is 3.28. The molecule has 4 heteroatoms. The molecule has 96 valence electrons. The number of aliphatic carboxylic acids is 1. The zero-order chi connectivity index (χ0) is 13.1. The Bertz CT molecular complexity index is 470. The van der Waals surface area contributed by atoms with E-state index in [1.807, 2.05) is 24.3 Å². The number of nitrogens with zero attached hydrogens (tertiary/aromatic N) is 1. The lowest BCUT2D eigenvalue weighted by atomic mass is 10.1. The molecule has 1 N–H and O–H groups in total. The van der Waals surface area contributed by atoms with E-state index < -0.39 is 11.9 Å². The normalized spacial score (nSPS) is 19.3. The van der Waals surface area contributed by atoms with Crippen molar-refractivity contribution in [1.29, 1.82) is 0 Å². The third kappa shape index (κ3) is 2.37. The average Bonchev–Trinajstić information content (AvgIpc) is 2.73. The quantitative estimate of drug-likeness (QED) is 0.886. The summed E-state index contributed by atoms with van der Waals surface area (Å²) in [6.07, 6.45) is 2.01. The minimum atomic E-state index is -0.890. The number of anilines is 1. The molecule has 18 heavy (non-hydrogen) atoms. The van der Waals surface area contributed by atoms with Gasteiger partial charge in [-0.1, -0.05) is 31.5 Å². The van der Waals surface area contributed by atoms with Gasteiger partial charge in [-0.2, -0.15) is 0 Å². The van der Waals surface area contributed by atoms with Crippen LogP contribution in [0.1, 0.15) is 25.3 Å². The molecule has 0 radical (unpaired) electrons. The summed E-state index contributed by atoms with van der Waals surface area (Å²) in [5.41, 5.74) is 1.98. The van der Waals surface area contributed by atoms with Gasteiger partial charge in [-0.15, -0.1) is 0 Å². The summed E-state index contributed by atoms with van der Waals surface area (Å²) in [7, 11) is 0. The number of hydrogen-bond acceptors (Lipinski definition) is 2. The highest BCUT2D eigenvalue weighted by Gasteiger charge is 2.35. The predicted molar refractivity (Wildman–Crippen MR) is 68.5 cm³/mol. The first kappa shape index (κ1) is 12.6. The van der Waals surface area contributed by atoms with E-state index in [-0.39, 0.29) is 18.9 Å². The average molecular weight is 247 g/mol. The van der Waals surface area contributed by atoms with E-state index >= 15 is 0 Å². The molecule has 2 rings (SSSR count). The Morgan fingerprint density at radius 1 is 1.44 bits per heavy atom. The van der Waals surface area contributed by atoms with Crippen LogP contribution in [0.15, 0.2) is 24.3 Å². The first-order valence-electron chi connectivity index (χ1n) is 6.24. The Balaban J connectivity index is 2.26. The van der Waals surface area contributed by atoms with Crippen LogP contribution in [0.3, 0.4) is 0 Å². The van der Waals surface area contributed by atoms with Crippen LogP contribution < -0.4 is 4.90 Å². The highest BCUT2D eigenvalue weighted by Crippen LogP contribution is 2.28. The van der Waals surface area contributed by atoms with Crippen LogP contribution in [0, 0.1) is 5.92 Å². The molecule has 1 aliphatic rings. The fraction of sp³-hybridized carbons (Fsp3) is 0.429. The third-order valence-electron chi connectivity index (χ3n) is 3.28. The first-order chi connectivity index (χ1) is 8.63. The van der Waals surface area contributed by atoms with Gasteiger partial charge in [-0.3, -0.25) is 9.59 Å². The zero-order valence-electron chi connectivity index (χ0n) is 10.4. The van der Waals surface area contributed by atoms with Crippen molar-refractivity contribution in [3.8, 4) is 0 Å². The molecule has 0 aromatic heterocycles. The van der Waals surface area contributed by atoms with Crippen molar-refractivity contribution in [2.45, 2.75) is 26.2 Å². The van der Waals surface area contributed by atoms with Crippen LogP contribution >= 0.6 is 0 Å². The van der Waals surface area contributed by atoms with Crippen LogP contribution in [0.4, 0.5) is 5.69 Å². The molecule has 0 bridgehead atoms. The van der Waals surface area contributed by atoms with Crippen LogP contribution in [0.25, 0.3) is 0 Å². The molecule has 1 heterocycles. The SMILES string of the molecule is CCCc1ccccc1N1CC(C(=O)O)CC1=O. The lowest BCUT2D eigenvalue weighted by molar-refractivity contribution is -0.141. The van der Waals surface area contributed by atoms with E-state index in [4.69, 9.17) is 5.11 Å². The summed E-state index contributed by atoms with van der Waals surface area (Å²) in [6.45, 7) is 2.37. The van der Waals surface area contributed by atoms with Gasteiger partial charge in [0.25, 0.3) is 0 Å². The number of rotatable bonds is 4. The summed E-state index contributed by atoms with van der Waals surface area (Å²) >= 11 is 0. The number of carbonyl (C=O) groups excluding carboxylic acids is 1. The van der Waals surface area contributed by atoms with Crippen molar-refractivity contribution in [3.63, 3.8) is 0 Å². The van der Waals surface area contributed by atoms with Gasteiger partial charge in [-0.25, -0.2) is 0 Å². The summed E-state index contributed by atoms with van der Waals surface area (Å²) in [5.74, 6) is -1.56. The molecule has 0 saturated carbocycles. The van der Waals surface area contributed by atoms with Gasteiger partial charge in [-0.05, 0) is 18.1 Å². The standard InChI is InChI=1S/C14H17NO3/c1-2-5-10-6-3-4-7-12(10)15-9-11(14(17)18)8-13(15)16/h3-4,6-7,11H,2,5,8-9H2,1H3,(H,17,18). The second-order valence-electron chi connectivity index (χ2n) is 4.62. The Morgan fingerprint density at radius 3 is 2.78 bits per heavy atom. The molecule has 1 aromatic carbocycles. The maximum atomic E-state index is 11.9. The van der Waals surface area contributed by atoms with E-state index in [2.05, 4.69) is 6.92 Å². The molecule has 4 nitrogen and oxygen atoms in total. The monoisotopic (exact) mass is 247 g/mol. The maximum Gasteiger partial charge on any atom is 0.308 e. The predicted octanol–water partition coefficient (Wildman–Crippen LogP) is 2.08. The number of amides is 1. The fourth-order valence-electron chi connectivity index (χ4n) is 2.36. The lowest BCUT2D eigenvalue weighted by Gasteiger charge is -2.19. The van der Waals surface area contributed by atoms with Gasteiger partial charge in [0, 0.05) is 18.7 Å². The zero-order valence-corrected chi connectivity index (χ0v) is 10.4. The van der Waals surface area contributed by atoms with Crippen LogP contribution in [-0.2, 0) is 16.0 Å². The molecule has 1 amide bonds. The topological polar surface area (TPSA) is 57.6 Å². The van der Waals surface area contributed by atoms with Crippen LogP contribution in [0.2, 0.25) is 0 Å². The molecule has 1 atom stereocenters. The van der Waals surface area contributed by atoms with E-state index in [0.717, 1.165) is 24.1 Å². The molecule has 1 aliphatic heterocycles. The number of carbonyl (C=O) groups is 2. The number of hydrogen-bond donors (Lipinski definition) is 1. The van der Waals surface area contributed by atoms with E-state index in [1.54, 1.807) is 4.90 Å². The Hall–Kier alpha value is -1.84. The van der Waals surface area contributed by atoms with Gasteiger partial charge in [0.1, 0.15) is 0 Å². The minimum Gasteiger partial charge on any atom is -0.481 e. The molecular formula is C14H17NO3. The molecule has 1 unspecified atom stereocenters. The van der Waals surface area contributed by atoms with Crippen LogP contribution in [-0.4, -0.2) is 23.5 Å². The molecule has 1 fully saturated rings. The van der Waals surface area contributed by atoms with Crippen molar-refractivity contribution in [2.75, 3.05) is 11.4 Å². The van der Waals surface area contributed by atoms with Gasteiger partial charge in [0.2, 0.25) is 5.91 Å². The fourth-order valence-corrected chi connectivity index (χ4v) is 2.36. The van der Waals surface area contributed by atoms with Crippen LogP contribution in [0.5, 0.6) is 0 Å². The smallest absolute Gasteiger partial charge is 0.308 e. The Kier molecular flexibility index (Phi) is 3.65.